The molecule has 0 aliphatic heterocycles. The maximum absolute atomic E-state index is 8.78. The van der Waals surface area contributed by atoms with Gasteiger partial charge in [-0.25, -0.2) is 0 Å². The largest absolute Gasteiger partial charge is 0.411 e. The van der Waals surface area contributed by atoms with E-state index in [-0.39, 0.29) is 6.61 Å². The molecule has 0 saturated carbocycles. The van der Waals surface area contributed by atoms with E-state index in [9.17, 15) is 0 Å². The molecule has 1 unspecified atom stereocenters. The van der Waals surface area contributed by atoms with Gasteiger partial charge in [-0.3, -0.25) is 0 Å². The minimum Gasteiger partial charge on any atom is -0.411 e. The average molecular weight is 180 g/mol. The predicted octanol–water partition coefficient (Wildman–Crippen LogP) is 0.184. The fourth-order valence-corrected chi connectivity index (χ4v) is 1.04. The molecule has 0 aromatic heterocycles. The summed E-state index contributed by atoms with van der Waals surface area (Å²) in [5.41, 5.74) is 6.53. The third-order valence-electron chi connectivity index (χ3n) is 1.73. The zero-order chi connectivity index (χ0) is 9.68. The van der Waals surface area contributed by atoms with Crippen molar-refractivity contribution in [3.63, 3.8) is 0 Å². The van der Waals surface area contributed by atoms with E-state index in [1.165, 1.54) is 0 Å². The summed E-state index contributed by atoms with van der Waals surface area (Å²) in [5, 5.41) is 20.5. The van der Waals surface area contributed by atoms with Crippen LogP contribution >= 0.6 is 0 Å². The van der Waals surface area contributed by atoms with Gasteiger partial charge in [0.25, 0.3) is 0 Å². The summed E-state index contributed by atoms with van der Waals surface area (Å²) < 4.78 is 0. The summed E-state index contributed by atoms with van der Waals surface area (Å²) in [6.07, 6.45) is 0. The lowest BCUT2D eigenvalue weighted by Gasteiger charge is -2.09. The van der Waals surface area contributed by atoms with Gasteiger partial charge in [0.2, 0.25) is 0 Å². The van der Waals surface area contributed by atoms with Gasteiger partial charge in [0, 0.05) is 5.56 Å². The number of oxime groups is 1. The molecule has 0 amide bonds. The summed E-state index contributed by atoms with van der Waals surface area (Å²) in [6.45, 7) is -0.242. The Kier molecular flexibility index (Phi) is 3.42. The Morgan fingerprint density at radius 2 is 2.00 bits per heavy atom. The first-order valence-corrected chi connectivity index (χ1v) is 3.93. The van der Waals surface area contributed by atoms with Crippen molar-refractivity contribution in [3.8, 4) is 0 Å². The normalized spacial score (nSPS) is 14.2. The second-order valence-corrected chi connectivity index (χ2v) is 2.64. The molecule has 1 aromatic rings. The smallest absolute Gasteiger partial charge is 0.106 e. The number of nitrogens with two attached hydrogens (primary N) is 1. The Hall–Kier alpha value is -1.39. The Bertz CT molecular complexity index is 285. The van der Waals surface area contributed by atoms with Crippen LogP contribution in [0.4, 0.5) is 0 Å². The number of nitrogens with zero attached hydrogens (tertiary/aromatic N) is 1. The SMILES string of the molecule is NC(CO)/C(=N\O)c1ccccc1. The van der Waals surface area contributed by atoms with Crippen molar-refractivity contribution >= 4 is 5.71 Å². The van der Waals surface area contributed by atoms with E-state index < -0.39 is 6.04 Å². The molecule has 0 bridgehead atoms. The quantitative estimate of drug-likeness (QED) is 0.353. The van der Waals surface area contributed by atoms with Crippen molar-refractivity contribution in [2.75, 3.05) is 6.61 Å². The summed E-state index contributed by atoms with van der Waals surface area (Å²) in [6, 6.07) is 8.36. The first-order chi connectivity index (χ1) is 6.29. The zero-order valence-corrected chi connectivity index (χ0v) is 7.09. The van der Waals surface area contributed by atoms with Gasteiger partial charge in [0.1, 0.15) is 5.71 Å². The molecular weight excluding hydrogens is 168 g/mol. The summed E-state index contributed by atoms with van der Waals surface area (Å²) in [4.78, 5) is 0. The summed E-state index contributed by atoms with van der Waals surface area (Å²) in [5.74, 6) is 0. The highest BCUT2D eigenvalue weighted by molar-refractivity contribution is 6.03. The van der Waals surface area contributed by atoms with Gasteiger partial charge >= 0.3 is 0 Å². The van der Waals surface area contributed by atoms with E-state index in [0.29, 0.717) is 11.3 Å². The van der Waals surface area contributed by atoms with Crippen LogP contribution in [0.15, 0.2) is 35.5 Å². The number of hydrogen-bond acceptors (Lipinski definition) is 4. The maximum atomic E-state index is 8.78. The fraction of sp³-hybridized carbons (Fsp3) is 0.222. The Morgan fingerprint density at radius 1 is 1.38 bits per heavy atom. The molecule has 1 rings (SSSR count). The third kappa shape index (κ3) is 2.27. The molecule has 70 valence electrons. The molecular formula is C9H12N2O2. The van der Waals surface area contributed by atoms with Gasteiger partial charge in [0.15, 0.2) is 0 Å². The first kappa shape index (κ1) is 9.70. The Morgan fingerprint density at radius 3 is 2.46 bits per heavy atom. The summed E-state index contributed by atoms with van der Waals surface area (Å²) >= 11 is 0. The van der Waals surface area contributed by atoms with E-state index >= 15 is 0 Å². The van der Waals surface area contributed by atoms with E-state index in [0.717, 1.165) is 0 Å². The van der Waals surface area contributed by atoms with Crippen LogP contribution in [0, 0.1) is 0 Å². The van der Waals surface area contributed by atoms with Gasteiger partial charge in [-0.2, -0.15) is 0 Å². The molecule has 4 N–H and O–H groups in total. The fourth-order valence-electron chi connectivity index (χ4n) is 1.04. The van der Waals surface area contributed by atoms with Crippen LogP contribution in [-0.4, -0.2) is 28.7 Å². The molecule has 1 aromatic carbocycles. The number of hydrogen-bond donors (Lipinski definition) is 3. The molecule has 0 fully saturated rings. The van der Waals surface area contributed by atoms with Crippen LogP contribution in [-0.2, 0) is 0 Å². The molecule has 0 radical (unpaired) electrons. The molecule has 4 heteroatoms. The second kappa shape index (κ2) is 4.59. The lowest BCUT2D eigenvalue weighted by atomic mass is 10.0. The summed E-state index contributed by atoms with van der Waals surface area (Å²) in [7, 11) is 0. The van der Waals surface area contributed by atoms with Crippen LogP contribution in [0.3, 0.4) is 0 Å². The molecule has 13 heavy (non-hydrogen) atoms. The molecule has 0 heterocycles. The van der Waals surface area contributed by atoms with Crippen molar-refractivity contribution in [3.05, 3.63) is 35.9 Å². The van der Waals surface area contributed by atoms with Crippen molar-refractivity contribution < 1.29 is 10.3 Å². The van der Waals surface area contributed by atoms with Gasteiger partial charge in [0.05, 0.1) is 12.6 Å². The zero-order valence-electron chi connectivity index (χ0n) is 7.09. The molecule has 0 saturated heterocycles. The molecule has 1 atom stereocenters. The standard InChI is InChI=1S/C9H12N2O2/c10-8(6-12)9(11-13)7-4-2-1-3-5-7/h1-5,8,12-13H,6,10H2/b11-9-. The third-order valence-corrected chi connectivity index (χ3v) is 1.73. The molecule has 0 aliphatic carbocycles. The average Bonchev–Trinajstić information content (AvgIpc) is 2.20. The number of aliphatic hydroxyl groups excluding tert-OH is 1. The lowest BCUT2D eigenvalue weighted by Crippen LogP contribution is -2.34. The molecule has 4 nitrogen and oxygen atoms in total. The molecule has 0 aliphatic rings. The van der Waals surface area contributed by atoms with Crippen LogP contribution in [0.2, 0.25) is 0 Å². The van der Waals surface area contributed by atoms with Crippen molar-refractivity contribution in [1.82, 2.24) is 0 Å². The van der Waals surface area contributed by atoms with Gasteiger partial charge < -0.3 is 16.0 Å². The van der Waals surface area contributed by atoms with E-state index in [1.54, 1.807) is 12.1 Å². The van der Waals surface area contributed by atoms with Gasteiger partial charge in [-0.1, -0.05) is 35.5 Å². The highest BCUT2D eigenvalue weighted by Gasteiger charge is 2.12. The second-order valence-electron chi connectivity index (χ2n) is 2.64. The Balaban J connectivity index is 2.93. The Labute approximate surface area is 76.3 Å². The molecule has 0 spiro atoms. The topological polar surface area (TPSA) is 78.8 Å². The van der Waals surface area contributed by atoms with Gasteiger partial charge in [-0.15, -0.1) is 0 Å². The van der Waals surface area contributed by atoms with Crippen molar-refractivity contribution in [1.29, 1.82) is 0 Å². The minimum absolute atomic E-state index is 0.242. The van der Waals surface area contributed by atoms with E-state index in [2.05, 4.69) is 5.16 Å². The van der Waals surface area contributed by atoms with E-state index in [1.807, 2.05) is 18.2 Å². The lowest BCUT2D eigenvalue weighted by molar-refractivity contribution is 0.281. The van der Waals surface area contributed by atoms with E-state index in [4.69, 9.17) is 16.0 Å². The monoisotopic (exact) mass is 180 g/mol. The number of benzene rings is 1. The number of aliphatic hydroxyl groups is 1. The predicted molar refractivity (Wildman–Crippen MR) is 49.8 cm³/mol. The van der Waals surface area contributed by atoms with Crippen molar-refractivity contribution in [2.45, 2.75) is 6.04 Å². The van der Waals surface area contributed by atoms with Crippen molar-refractivity contribution in [2.24, 2.45) is 10.9 Å². The number of rotatable bonds is 3. The first-order valence-electron chi connectivity index (χ1n) is 3.93. The minimum atomic E-state index is -0.646. The maximum Gasteiger partial charge on any atom is 0.106 e. The van der Waals surface area contributed by atoms with Crippen LogP contribution in [0.5, 0.6) is 0 Å². The van der Waals surface area contributed by atoms with Crippen LogP contribution in [0.25, 0.3) is 0 Å². The van der Waals surface area contributed by atoms with Crippen LogP contribution in [0.1, 0.15) is 5.56 Å². The highest BCUT2D eigenvalue weighted by atomic mass is 16.4. The van der Waals surface area contributed by atoms with Gasteiger partial charge in [-0.05, 0) is 0 Å². The van der Waals surface area contributed by atoms with Crippen LogP contribution < -0.4 is 5.73 Å². The highest BCUT2D eigenvalue weighted by Crippen LogP contribution is 2.03.